The molecule has 1 saturated heterocycles. The number of aryl methyl sites for hydroxylation is 1. The van der Waals surface area contributed by atoms with Crippen LogP contribution >= 0.6 is 0 Å². The zero-order chi connectivity index (χ0) is 19.2. The first-order chi connectivity index (χ1) is 13.0. The van der Waals surface area contributed by atoms with Crippen molar-refractivity contribution in [3.05, 3.63) is 47.2 Å². The lowest BCUT2D eigenvalue weighted by atomic mass is 10.1. The molecule has 3 rings (SSSR count). The molecular weight excluding hydrogens is 348 g/mol. The van der Waals surface area contributed by atoms with Crippen LogP contribution in [0.2, 0.25) is 0 Å². The molecule has 144 valence electrons. The van der Waals surface area contributed by atoms with Crippen molar-refractivity contribution < 1.29 is 18.8 Å². The second kappa shape index (κ2) is 8.79. The van der Waals surface area contributed by atoms with E-state index in [-0.39, 0.29) is 11.9 Å². The second-order valence-electron chi connectivity index (χ2n) is 6.61. The molecule has 0 bridgehead atoms. The van der Waals surface area contributed by atoms with Gasteiger partial charge in [0.25, 0.3) is 0 Å². The molecule has 0 spiro atoms. The highest BCUT2D eigenvalue weighted by atomic mass is 16.5. The van der Waals surface area contributed by atoms with E-state index in [1.807, 2.05) is 12.1 Å². The van der Waals surface area contributed by atoms with E-state index in [4.69, 9.17) is 9.26 Å². The summed E-state index contributed by atoms with van der Waals surface area (Å²) in [6.45, 7) is 6.36. The first-order valence-electron chi connectivity index (χ1n) is 8.88. The molecule has 8 heteroatoms. The van der Waals surface area contributed by atoms with Crippen LogP contribution in [0.4, 0.5) is 5.82 Å². The Morgan fingerprint density at radius 3 is 2.41 bits per heavy atom. The lowest BCUT2D eigenvalue weighted by Gasteiger charge is -2.34. The van der Waals surface area contributed by atoms with Crippen LogP contribution in [-0.2, 0) is 16.1 Å². The number of methoxy groups -OCH3 is 1. The van der Waals surface area contributed by atoms with Gasteiger partial charge < -0.3 is 14.6 Å². The number of hydrogen-bond donors (Lipinski definition) is 1. The number of amides is 1. The summed E-state index contributed by atoms with van der Waals surface area (Å²) in [7, 11) is 1.38. The molecule has 1 aromatic carbocycles. The normalized spacial score (nSPS) is 15.5. The number of rotatable bonds is 6. The average molecular weight is 372 g/mol. The Morgan fingerprint density at radius 2 is 1.81 bits per heavy atom. The SMILES string of the molecule is COC(=O)c1ccc(CN2CCN(CC(=O)Nc3cc(C)on3)CC2)cc1. The average Bonchev–Trinajstić information content (AvgIpc) is 3.08. The number of piperazine rings is 1. The third kappa shape index (κ3) is 5.38. The van der Waals surface area contributed by atoms with Crippen LogP contribution in [0.25, 0.3) is 0 Å². The van der Waals surface area contributed by atoms with E-state index >= 15 is 0 Å². The largest absolute Gasteiger partial charge is 0.465 e. The maximum atomic E-state index is 12.1. The highest BCUT2D eigenvalue weighted by Gasteiger charge is 2.19. The number of aromatic nitrogens is 1. The van der Waals surface area contributed by atoms with Crippen LogP contribution in [0.1, 0.15) is 21.7 Å². The number of nitrogens with zero attached hydrogens (tertiary/aromatic N) is 3. The molecule has 1 N–H and O–H groups in total. The van der Waals surface area contributed by atoms with Crippen LogP contribution in [-0.4, -0.2) is 66.7 Å². The molecule has 8 nitrogen and oxygen atoms in total. The van der Waals surface area contributed by atoms with Gasteiger partial charge in [0.1, 0.15) is 5.76 Å². The molecule has 2 heterocycles. The quantitative estimate of drug-likeness (QED) is 0.769. The first kappa shape index (κ1) is 19.1. The molecule has 0 atom stereocenters. The van der Waals surface area contributed by atoms with Gasteiger partial charge in [-0.2, -0.15) is 0 Å². The van der Waals surface area contributed by atoms with E-state index in [1.165, 1.54) is 7.11 Å². The summed E-state index contributed by atoms with van der Waals surface area (Å²) < 4.78 is 9.65. The van der Waals surface area contributed by atoms with Crippen molar-refractivity contribution in [3.63, 3.8) is 0 Å². The third-order valence-electron chi connectivity index (χ3n) is 4.51. The van der Waals surface area contributed by atoms with Gasteiger partial charge in [0.2, 0.25) is 5.91 Å². The molecule has 0 saturated carbocycles. The van der Waals surface area contributed by atoms with E-state index in [1.54, 1.807) is 25.1 Å². The van der Waals surface area contributed by atoms with Gasteiger partial charge >= 0.3 is 5.97 Å². The summed E-state index contributed by atoms with van der Waals surface area (Å²) in [5, 5.41) is 6.51. The number of benzene rings is 1. The van der Waals surface area contributed by atoms with Crippen molar-refractivity contribution in [2.75, 3.05) is 45.2 Å². The van der Waals surface area contributed by atoms with E-state index in [0.29, 0.717) is 23.7 Å². The fourth-order valence-electron chi connectivity index (χ4n) is 3.04. The smallest absolute Gasteiger partial charge is 0.337 e. The lowest BCUT2D eigenvalue weighted by molar-refractivity contribution is -0.117. The second-order valence-corrected chi connectivity index (χ2v) is 6.61. The predicted octanol–water partition coefficient (Wildman–Crippen LogP) is 1.53. The summed E-state index contributed by atoms with van der Waals surface area (Å²) in [6.07, 6.45) is 0. The van der Waals surface area contributed by atoms with Gasteiger partial charge in [0, 0.05) is 38.8 Å². The van der Waals surface area contributed by atoms with E-state index < -0.39 is 0 Å². The van der Waals surface area contributed by atoms with Gasteiger partial charge in [-0.05, 0) is 24.6 Å². The Labute approximate surface area is 158 Å². The molecule has 1 amide bonds. The topological polar surface area (TPSA) is 87.9 Å². The van der Waals surface area contributed by atoms with Gasteiger partial charge in [0.15, 0.2) is 5.82 Å². The number of carbonyl (C=O) groups is 2. The van der Waals surface area contributed by atoms with Crippen LogP contribution in [0.5, 0.6) is 0 Å². The predicted molar refractivity (Wildman–Crippen MR) is 99.4 cm³/mol. The minimum Gasteiger partial charge on any atom is -0.465 e. The number of esters is 1. The summed E-state index contributed by atoms with van der Waals surface area (Å²) >= 11 is 0. The molecule has 0 aliphatic carbocycles. The van der Waals surface area contributed by atoms with Crippen molar-refractivity contribution in [1.29, 1.82) is 0 Å². The van der Waals surface area contributed by atoms with Gasteiger partial charge in [-0.3, -0.25) is 14.6 Å². The monoisotopic (exact) mass is 372 g/mol. The fraction of sp³-hybridized carbons (Fsp3) is 0.421. The van der Waals surface area contributed by atoms with Gasteiger partial charge in [-0.1, -0.05) is 17.3 Å². The molecule has 1 aromatic heterocycles. The van der Waals surface area contributed by atoms with Crippen LogP contribution in [0.3, 0.4) is 0 Å². The maximum absolute atomic E-state index is 12.1. The summed E-state index contributed by atoms with van der Waals surface area (Å²) in [4.78, 5) is 28.0. The zero-order valence-electron chi connectivity index (χ0n) is 15.6. The Hall–Kier alpha value is -2.71. The summed E-state index contributed by atoms with van der Waals surface area (Å²) in [5.74, 6) is 0.703. The van der Waals surface area contributed by atoms with Crippen molar-refractivity contribution in [2.45, 2.75) is 13.5 Å². The molecule has 27 heavy (non-hydrogen) atoms. The maximum Gasteiger partial charge on any atom is 0.337 e. The Kier molecular flexibility index (Phi) is 6.20. The minimum atomic E-state index is -0.325. The number of nitrogens with one attached hydrogen (secondary N) is 1. The summed E-state index contributed by atoms with van der Waals surface area (Å²) in [6, 6.07) is 9.17. The zero-order valence-corrected chi connectivity index (χ0v) is 15.6. The molecule has 0 unspecified atom stereocenters. The Bertz CT molecular complexity index is 779. The fourth-order valence-corrected chi connectivity index (χ4v) is 3.04. The van der Waals surface area contributed by atoms with Crippen LogP contribution < -0.4 is 5.32 Å². The minimum absolute atomic E-state index is 0.0878. The van der Waals surface area contributed by atoms with E-state index in [9.17, 15) is 9.59 Å². The van der Waals surface area contributed by atoms with E-state index in [2.05, 4.69) is 20.3 Å². The van der Waals surface area contributed by atoms with Crippen LogP contribution in [0.15, 0.2) is 34.9 Å². The molecular formula is C19H24N4O4. The number of ether oxygens (including phenoxy) is 1. The van der Waals surface area contributed by atoms with Crippen molar-refractivity contribution in [1.82, 2.24) is 15.0 Å². The Balaban J connectivity index is 1.42. The highest BCUT2D eigenvalue weighted by molar-refractivity contribution is 5.91. The van der Waals surface area contributed by atoms with E-state index in [0.717, 1.165) is 38.3 Å². The standard InChI is InChI=1S/C19H24N4O4/c1-14-11-17(21-27-14)20-18(24)13-23-9-7-22(8-10-23)12-15-3-5-16(6-4-15)19(25)26-2/h3-6,11H,7-10,12-13H2,1-2H3,(H,20,21,24). The number of anilines is 1. The highest BCUT2D eigenvalue weighted by Crippen LogP contribution is 2.11. The molecule has 1 aliphatic heterocycles. The van der Waals surface area contributed by atoms with Crippen molar-refractivity contribution >= 4 is 17.7 Å². The van der Waals surface area contributed by atoms with Gasteiger partial charge in [-0.15, -0.1) is 0 Å². The van der Waals surface area contributed by atoms with Crippen LogP contribution in [0, 0.1) is 6.92 Å². The van der Waals surface area contributed by atoms with Crippen molar-refractivity contribution in [3.8, 4) is 0 Å². The van der Waals surface area contributed by atoms with Crippen molar-refractivity contribution in [2.24, 2.45) is 0 Å². The number of hydrogen-bond acceptors (Lipinski definition) is 7. The van der Waals surface area contributed by atoms with Gasteiger partial charge in [0.05, 0.1) is 19.2 Å². The lowest BCUT2D eigenvalue weighted by Crippen LogP contribution is -2.48. The number of carbonyl (C=O) groups excluding carboxylic acids is 2. The third-order valence-corrected chi connectivity index (χ3v) is 4.51. The molecule has 2 aromatic rings. The molecule has 1 aliphatic rings. The first-order valence-corrected chi connectivity index (χ1v) is 8.88. The molecule has 1 fully saturated rings. The molecule has 0 radical (unpaired) electrons. The van der Waals surface area contributed by atoms with Gasteiger partial charge in [-0.25, -0.2) is 4.79 Å². The summed E-state index contributed by atoms with van der Waals surface area (Å²) in [5.41, 5.74) is 1.70. The Morgan fingerprint density at radius 1 is 1.15 bits per heavy atom.